The summed E-state index contributed by atoms with van der Waals surface area (Å²) in [5, 5.41) is 24.4. The third-order valence-corrected chi connectivity index (χ3v) is 1.62. The second kappa shape index (κ2) is 3.83. The molecular formula is C6H8N4O4. The predicted octanol–water partition coefficient (Wildman–Crippen LogP) is -0.208. The van der Waals surface area contributed by atoms with Gasteiger partial charge in [0.1, 0.15) is 0 Å². The number of carboxylic acid groups (broad SMARTS) is 1. The SMILES string of the molecule is NC(CC(=O)O)c1cn[nH]c1[N+](=O)[O-]. The smallest absolute Gasteiger partial charge is 0.347 e. The van der Waals surface area contributed by atoms with Gasteiger partial charge in [-0.2, -0.15) is 0 Å². The predicted molar refractivity (Wildman–Crippen MR) is 44.4 cm³/mol. The number of nitrogens with zero attached hydrogens (tertiary/aromatic N) is 2. The largest absolute Gasteiger partial charge is 0.481 e. The van der Waals surface area contributed by atoms with Gasteiger partial charge in [-0.05, 0) is 4.92 Å². The maximum absolute atomic E-state index is 10.4. The van der Waals surface area contributed by atoms with Crippen LogP contribution in [-0.2, 0) is 4.79 Å². The highest BCUT2D eigenvalue weighted by atomic mass is 16.6. The topological polar surface area (TPSA) is 135 Å². The molecule has 0 saturated heterocycles. The minimum atomic E-state index is -1.12. The maximum Gasteiger partial charge on any atom is 0.347 e. The van der Waals surface area contributed by atoms with Gasteiger partial charge in [0.25, 0.3) is 0 Å². The van der Waals surface area contributed by atoms with Crippen molar-refractivity contribution in [2.45, 2.75) is 12.5 Å². The van der Waals surface area contributed by atoms with Crippen molar-refractivity contribution in [1.82, 2.24) is 10.2 Å². The number of aromatic nitrogens is 2. The highest BCUT2D eigenvalue weighted by Crippen LogP contribution is 2.22. The van der Waals surface area contributed by atoms with Gasteiger partial charge in [-0.3, -0.25) is 4.79 Å². The van der Waals surface area contributed by atoms with Crippen molar-refractivity contribution >= 4 is 11.8 Å². The minimum Gasteiger partial charge on any atom is -0.481 e. The molecule has 1 aromatic rings. The fourth-order valence-electron chi connectivity index (χ4n) is 1.00. The molecule has 0 aliphatic heterocycles. The molecule has 0 saturated carbocycles. The van der Waals surface area contributed by atoms with Gasteiger partial charge in [-0.25, -0.2) is 0 Å². The lowest BCUT2D eigenvalue weighted by atomic mass is 10.1. The zero-order valence-electron chi connectivity index (χ0n) is 7.01. The van der Waals surface area contributed by atoms with E-state index >= 15 is 0 Å². The lowest BCUT2D eigenvalue weighted by molar-refractivity contribution is -0.390. The van der Waals surface area contributed by atoms with Gasteiger partial charge in [0, 0.05) is 0 Å². The van der Waals surface area contributed by atoms with Crippen molar-refractivity contribution < 1.29 is 14.8 Å². The lowest BCUT2D eigenvalue weighted by Gasteiger charge is -2.04. The van der Waals surface area contributed by atoms with E-state index in [2.05, 4.69) is 10.2 Å². The Morgan fingerprint density at radius 1 is 1.86 bits per heavy atom. The van der Waals surface area contributed by atoms with Gasteiger partial charge in [-0.1, -0.05) is 5.10 Å². The van der Waals surface area contributed by atoms with E-state index in [1.807, 2.05) is 0 Å². The van der Waals surface area contributed by atoms with Gasteiger partial charge in [0.15, 0.2) is 0 Å². The van der Waals surface area contributed by atoms with Crippen LogP contribution in [0.5, 0.6) is 0 Å². The third-order valence-electron chi connectivity index (χ3n) is 1.62. The standard InChI is InChI=1S/C6H8N4O4/c7-4(1-5(11)12)3-2-8-9-6(3)10(13)14/h2,4H,1,7H2,(H,8,9)(H,11,12). The van der Waals surface area contributed by atoms with Crippen LogP contribution in [0.4, 0.5) is 5.82 Å². The van der Waals surface area contributed by atoms with E-state index in [1.165, 1.54) is 0 Å². The Kier molecular flexibility index (Phi) is 2.77. The van der Waals surface area contributed by atoms with E-state index < -0.39 is 16.9 Å². The molecule has 14 heavy (non-hydrogen) atoms. The van der Waals surface area contributed by atoms with Crippen LogP contribution in [0.3, 0.4) is 0 Å². The van der Waals surface area contributed by atoms with E-state index in [-0.39, 0.29) is 17.8 Å². The molecule has 8 heteroatoms. The Labute approximate surface area is 77.9 Å². The first-order chi connectivity index (χ1) is 6.52. The van der Waals surface area contributed by atoms with Crippen molar-refractivity contribution in [2.75, 3.05) is 0 Å². The summed E-state index contributed by atoms with van der Waals surface area (Å²) in [6.45, 7) is 0. The number of aromatic amines is 1. The number of hydrogen-bond donors (Lipinski definition) is 3. The Balaban J connectivity index is 2.89. The van der Waals surface area contributed by atoms with Crippen LogP contribution in [0.2, 0.25) is 0 Å². The van der Waals surface area contributed by atoms with E-state index in [0.717, 1.165) is 6.20 Å². The average molecular weight is 200 g/mol. The zero-order chi connectivity index (χ0) is 10.7. The quantitative estimate of drug-likeness (QED) is 0.454. The Bertz CT molecular complexity index is 360. The van der Waals surface area contributed by atoms with E-state index in [0.29, 0.717) is 0 Å². The van der Waals surface area contributed by atoms with E-state index in [1.54, 1.807) is 0 Å². The Morgan fingerprint density at radius 3 is 3.00 bits per heavy atom. The van der Waals surface area contributed by atoms with Crippen LogP contribution in [-0.4, -0.2) is 26.2 Å². The second-order valence-corrected chi connectivity index (χ2v) is 2.64. The van der Waals surface area contributed by atoms with Crippen molar-refractivity contribution in [3.63, 3.8) is 0 Å². The fourth-order valence-corrected chi connectivity index (χ4v) is 1.00. The first-order valence-electron chi connectivity index (χ1n) is 3.67. The number of nitrogens with two attached hydrogens (primary N) is 1. The molecule has 4 N–H and O–H groups in total. The van der Waals surface area contributed by atoms with E-state index in [9.17, 15) is 14.9 Å². The molecule has 0 amide bonds. The normalized spacial score (nSPS) is 12.4. The Morgan fingerprint density at radius 2 is 2.50 bits per heavy atom. The summed E-state index contributed by atoms with van der Waals surface area (Å²) < 4.78 is 0. The van der Waals surface area contributed by atoms with Crippen LogP contribution in [0.25, 0.3) is 0 Å². The van der Waals surface area contributed by atoms with Crippen molar-refractivity contribution in [3.05, 3.63) is 21.9 Å². The molecule has 8 nitrogen and oxygen atoms in total. The first-order valence-corrected chi connectivity index (χ1v) is 3.67. The highest BCUT2D eigenvalue weighted by molar-refractivity contribution is 5.68. The summed E-state index contributed by atoms with van der Waals surface area (Å²) in [6, 6.07) is -0.924. The van der Waals surface area contributed by atoms with Crippen LogP contribution < -0.4 is 5.73 Å². The zero-order valence-corrected chi connectivity index (χ0v) is 7.01. The van der Waals surface area contributed by atoms with E-state index in [4.69, 9.17) is 10.8 Å². The minimum absolute atomic E-state index is 0.0948. The molecule has 1 rings (SSSR count). The molecule has 0 radical (unpaired) electrons. The van der Waals surface area contributed by atoms with Crippen LogP contribution in [0, 0.1) is 10.1 Å². The number of nitro groups is 1. The van der Waals surface area contributed by atoms with Gasteiger partial charge in [-0.15, -0.1) is 5.10 Å². The number of hydrogen-bond acceptors (Lipinski definition) is 5. The maximum atomic E-state index is 10.4. The van der Waals surface area contributed by atoms with Gasteiger partial charge >= 0.3 is 11.8 Å². The highest BCUT2D eigenvalue weighted by Gasteiger charge is 2.22. The molecule has 76 valence electrons. The van der Waals surface area contributed by atoms with Crippen LogP contribution >= 0.6 is 0 Å². The summed E-state index contributed by atoms with van der Waals surface area (Å²) >= 11 is 0. The summed E-state index contributed by atoms with van der Waals surface area (Å²) in [4.78, 5) is 20.0. The van der Waals surface area contributed by atoms with Crippen molar-refractivity contribution in [1.29, 1.82) is 0 Å². The number of rotatable bonds is 4. The van der Waals surface area contributed by atoms with Crippen LogP contribution in [0.15, 0.2) is 6.20 Å². The third kappa shape index (κ3) is 2.04. The summed E-state index contributed by atoms with van der Waals surface area (Å²) in [5.41, 5.74) is 5.53. The molecule has 1 aromatic heterocycles. The molecule has 0 aliphatic rings. The summed E-state index contributed by atoms with van der Waals surface area (Å²) in [5.74, 6) is -1.48. The monoisotopic (exact) mass is 200 g/mol. The van der Waals surface area contributed by atoms with Crippen molar-refractivity contribution in [2.24, 2.45) is 5.73 Å². The fraction of sp³-hybridized carbons (Fsp3) is 0.333. The van der Waals surface area contributed by atoms with Gasteiger partial charge in [0.05, 0.1) is 24.2 Å². The van der Waals surface area contributed by atoms with Gasteiger partial charge < -0.3 is 21.0 Å². The molecule has 0 aliphatic carbocycles. The molecule has 0 spiro atoms. The Hall–Kier alpha value is -1.96. The van der Waals surface area contributed by atoms with Gasteiger partial charge in [0.2, 0.25) is 0 Å². The van der Waals surface area contributed by atoms with Crippen molar-refractivity contribution in [3.8, 4) is 0 Å². The molecular weight excluding hydrogens is 192 g/mol. The first kappa shape index (κ1) is 10.1. The molecule has 1 unspecified atom stereocenters. The van der Waals surface area contributed by atoms with Crippen LogP contribution in [0.1, 0.15) is 18.0 Å². The number of carbonyl (C=O) groups is 1. The molecule has 0 fully saturated rings. The molecule has 0 aromatic carbocycles. The molecule has 0 bridgehead atoms. The summed E-state index contributed by atoms with van der Waals surface area (Å²) in [6.07, 6.45) is 0.784. The number of carboxylic acids is 1. The number of aliphatic carboxylic acids is 1. The molecule has 1 heterocycles. The number of nitrogens with one attached hydrogen (secondary N) is 1. The number of H-pyrrole nitrogens is 1. The lowest BCUT2D eigenvalue weighted by Crippen LogP contribution is -2.15. The second-order valence-electron chi connectivity index (χ2n) is 2.64. The average Bonchev–Trinajstić information content (AvgIpc) is 2.49. The molecule has 1 atom stereocenters. The summed E-state index contributed by atoms with van der Waals surface area (Å²) in [7, 11) is 0.